The predicted octanol–water partition coefficient (Wildman–Crippen LogP) is 6.24. The molecule has 1 saturated carbocycles. The van der Waals surface area contributed by atoms with E-state index in [1.165, 1.54) is 74.6 Å². The van der Waals surface area contributed by atoms with Crippen molar-refractivity contribution < 1.29 is 9.47 Å². The zero-order chi connectivity index (χ0) is 18.2. The molecule has 0 aromatic carbocycles. The molecule has 1 heterocycles. The van der Waals surface area contributed by atoms with E-state index >= 15 is 0 Å². The summed E-state index contributed by atoms with van der Waals surface area (Å²) < 4.78 is 12.3. The molecule has 0 aromatic heterocycles. The molecule has 4 atom stereocenters. The van der Waals surface area contributed by atoms with Gasteiger partial charge in [-0.1, -0.05) is 89.5 Å². The van der Waals surface area contributed by atoms with E-state index in [9.17, 15) is 0 Å². The highest BCUT2D eigenvalue weighted by atomic mass is 16.6. The third kappa shape index (κ3) is 5.33. The minimum absolute atomic E-state index is 0.367. The molecule has 0 spiro atoms. The second kappa shape index (κ2) is 10.5. The van der Waals surface area contributed by atoms with Crippen molar-refractivity contribution in [2.24, 2.45) is 11.8 Å². The number of hydrogen-bond acceptors (Lipinski definition) is 2. The lowest BCUT2D eigenvalue weighted by Crippen LogP contribution is -2.43. The van der Waals surface area contributed by atoms with Crippen LogP contribution in [0.5, 0.6) is 0 Å². The van der Waals surface area contributed by atoms with Gasteiger partial charge in [-0.2, -0.15) is 0 Å². The first-order chi connectivity index (χ1) is 12.8. The Kier molecular flexibility index (Phi) is 8.01. The first-order valence-electron chi connectivity index (χ1n) is 11.2. The lowest BCUT2D eigenvalue weighted by molar-refractivity contribution is -0.163. The Morgan fingerprint density at radius 3 is 2.12 bits per heavy atom. The topological polar surface area (TPSA) is 18.5 Å². The SMILES string of the molecule is CCCCCCC1COC(C2CCCCC2CC)CO1.c1cc2ccc1=2. The lowest BCUT2D eigenvalue weighted by atomic mass is 9.75. The van der Waals surface area contributed by atoms with Gasteiger partial charge in [-0.25, -0.2) is 0 Å². The molecule has 0 aromatic rings. The van der Waals surface area contributed by atoms with E-state index in [2.05, 4.69) is 38.1 Å². The summed E-state index contributed by atoms with van der Waals surface area (Å²) in [6.45, 7) is 6.28. The Labute approximate surface area is 160 Å². The average molecular weight is 359 g/mol. The minimum atomic E-state index is 0.367. The minimum Gasteiger partial charge on any atom is -0.373 e. The summed E-state index contributed by atoms with van der Waals surface area (Å²) in [7, 11) is 0. The van der Waals surface area contributed by atoms with Crippen molar-refractivity contribution in [3.8, 4) is 0 Å². The Hall–Kier alpha value is -0.860. The molecular weight excluding hydrogens is 320 g/mol. The molecule has 4 rings (SSSR count). The molecule has 4 unspecified atom stereocenters. The molecule has 0 radical (unpaired) electrons. The molecule has 2 heteroatoms. The molecule has 3 aliphatic carbocycles. The number of ether oxygens (including phenoxy) is 2. The maximum Gasteiger partial charge on any atom is 0.0840 e. The van der Waals surface area contributed by atoms with E-state index in [0.29, 0.717) is 12.2 Å². The first-order valence-corrected chi connectivity index (χ1v) is 11.2. The van der Waals surface area contributed by atoms with Gasteiger partial charge in [-0.15, -0.1) is 0 Å². The number of hydrogen-bond donors (Lipinski definition) is 0. The van der Waals surface area contributed by atoms with Crippen LogP contribution in [0.2, 0.25) is 0 Å². The van der Waals surface area contributed by atoms with Crippen LogP contribution >= 0.6 is 0 Å². The Morgan fingerprint density at radius 2 is 1.58 bits per heavy atom. The molecule has 4 aliphatic rings. The van der Waals surface area contributed by atoms with E-state index in [1.54, 1.807) is 0 Å². The Morgan fingerprint density at radius 1 is 0.846 bits per heavy atom. The highest BCUT2D eigenvalue weighted by molar-refractivity contribution is 5.22. The highest BCUT2D eigenvalue weighted by Gasteiger charge is 2.34. The van der Waals surface area contributed by atoms with Crippen LogP contribution < -0.4 is 0 Å². The van der Waals surface area contributed by atoms with Crippen molar-refractivity contribution in [2.45, 2.75) is 90.3 Å². The summed E-state index contributed by atoms with van der Waals surface area (Å²) in [5.74, 6) is 1.63. The van der Waals surface area contributed by atoms with Crippen molar-refractivity contribution in [1.82, 2.24) is 0 Å². The van der Waals surface area contributed by atoms with Crippen molar-refractivity contribution in [2.75, 3.05) is 13.2 Å². The zero-order valence-electron chi connectivity index (χ0n) is 16.9. The van der Waals surface area contributed by atoms with Gasteiger partial charge < -0.3 is 9.47 Å². The smallest absolute Gasteiger partial charge is 0.0840 e. The second-order valence-electron chi connectivity index (χ2n) is 8.37. The summed E-state index contributed by atoms with van der Waals surface area (Å²) in [4.78, 5) is 0. The van der Waals surface area contributed by atoms with Gasteiger partial charge >= 0.3 is 0 Å². The van der Waals surface area contributed by atoms with Gasteiger partial charge in [-0.3, -0.25) is 0 Å². The second-order valence-corrected chi connectivity index (χ2v) is 8.37. The van der Waals surface area contributed by atoms with Crippen LogP contribution in [0, 0.1) is 22.3 Å². The average Bonchev–Trinajstić information content (AvgIpc) is 2.69. The third-order valence-corrected chi connectivity index (χ3v) is 6.56. The number of rotatable bonds is 7. The fraction of sp³-hybridized carbons (Fsp3) is 0.750. The standard InChI is InChI=1S/C18H34O2.C6H4/c1-3-5-6-7-11-16-13-20-18(14-19-16)17-12-9-8-10-15(17)4-2;1-2-6-4-3-5(1)6/h15-18H,3-14H2,1-2H3;1-4H. The van der Waals surface area contributed by atoms with Crippen molar-refractivity contribution in [1.29, 1.82) is 0 Å². The quantitative estimate of drug-likeness (QED) is 0.545. The van der Waals surface area contributed by atoms with Gasteiger partial charge in [0, 0.05) is 0 Å². The van der Waals surface area contributed by atoms with Gasteiger partial charge in [0.25, 0.3) is 0 Å². The van der Waals surface area contributed by atoms with E-state index < -0.39 is 0 Å². The Bertz CT molecular complexity index is 553. The van der Waals surface area contributed by atoms with Gasteiger partial charge in [0.2, 0.25) is 0 Å². The van der Waals surface area contributed by atoms with Gasteiger partial charge in [-0.05, 0) is 35.1 Å². The van der Waals surface area contributed by atoms with Crippen LogP contribution in [0.4, 0.5) is 0 Å². The van der Waals surface area contributed by atoms with Gasteiger partial charge in [0.1, 0.15) is 0 Å². The highest BCUT2D eigenvalue weighted by Crippen LogP contribution is 2.36. The van der Waals surface area contributed by atoms with E-state index in [-0.39, 0.29) is 0 Å². The lowest BCUT2D eigenvalue weighted by Gasteiger charge is -2.40. The molecule has 26 heavy (non-hydrogen) atoms. The summed E-state index contributed by atoms with van der Waals surface area (Å²) in [6, 6.07) is 8.48. The van der Waals surface area contributed by atoms with Crippen LogP contribution in [-0.2, 0) is 9.47 Å². The molecule has 0 N–H and O–H groups in total. The van der Waals surface area contributed by atoms with Crippen LogP contribution in [0.15, 0.2) is 24.3 Å². The fourth-order valence-corrected chi connectivity index (χ4v) is 4.67. The van der Waals surface area contributed by atoms with E-state index in [0.717, 1.165) is 25.0 Å². The van der Waals surface area contributed by atoms with Gasteiger partial charge in [0.05, 0.1) is 25.4 Å². The fourth-order valence-electron chi connectivity index (χ4n) is 4.67. The van der Waals surface area contributed by atoms with Crippen LogP contribution in [0.3, 0.4) is 0 Å². The summed E-state index contributed by atoms with van der Waals surface area (Å²) >= 11 is 0. The predicted molar refractivity (Wildman–Crippen MR) is 108 cm³/mol. The Balaban J connectivity index is 0.000000269. The molecule has 0 amide bonds. The molecule has 146 valence electrons. The summed E-state index contributed by atoms with van der Waals surface area (Å²) in [6.07, 6.45) is 14.1. The monoisotopic (exact) mass is 358 g/mol. The third-order valence-electron chi connectivity index (χ3n) is 6.56. The molecular formula is C24H38O2. The normalized spacial score (nSPS) is 29.6. The molecule has 0 bridgehead atoms. The molecule has 2 fully saturated rings. The maximum absolute atomic E-state index is 6.19. The van der Waals surface area contributed by atoms with Crippen LogP contribution in [-0.4, -0.2) is 25.4 Å². The van der Waals surface area contributed by atoms with E-state index in [1.807, 2.05) is 0 Å². The largest absolute Gasteiger partial charge is 0.373 e. The van der Waals surface area contributed by atoms with E-state index in [4.69, 9.17) is 9.47 Å². The van der Waals surface area contributed by atoms with Crippen molar-refractivity contribution >= 4 is 0 Å². The van der Waals surface area contributed by atoms with Crippen molar-refractivity contribution in [3.63, 3.8) is 0 Å². The van der Waals surface area contributed by atoms with Crippen LogP contribution in [0.1, 0.15) is 78.1 Å². The number of unbranched alkanes of at least 4 members (excludes halogenated alkanes) is 3. The van der Waals surface area contributed by atoms with Gasteiger partial charge in [0.15, 0.2) is 0 Å². The first kappa shape index (κ1) is 19.9. The molecule has 1 aliphatic heterocycles. The van der Waals surface area contributed by atoms with Crippen molar-refractivity contribution in [3.05, 3.63) is 34.7 Å². The summed E-state index contributed by atoms with van der Waals surface area (Å²) in [5, 5.41) is 2.85. The number of benzene rings is 1. The molecule has 2 nitrogen and oxygen atoms in total. The summed E-state index contributed by atoms with van der Waals surface area (Å²) in [5.41, 5.74) is 0. The van der Waals surface area contributed by atoms with Crippen LogP contribution in [0.25, 0.3) is 0 Å². The molecule has 1 saturated heterocycles. The zero-order valence-corrected chi connectivity index (χ0v) is 16.9. The maximum atomic E-state index is 6.19.